The van der Waals surface area contributed by atoms with Gasteiger partial charge < -0.3 is 20.1 Å². The Hall–Kier alpha value is -1.82. The van der Waals surface area contributed by atoms with Gasteiger partial charge in [0.1, 0.15) is 18.0 Å². The first-order valence-corrected chi connectivity index (χ1v) is 9.88. The summed E-state index contributed by atoms with van der Waals surface area (Å²) in [5.41, 5.74) is 4.15. The number of H-pyrrole nitrogens is 1. The zero-order valence-electron chi connectivity index (χ0n) is 16.4. The average molecular weight is 405 g/mol. The van der Waals surface area contributed by atoms with E-state index in [1.807, 2.05) is 44.2 Å². The van der Waals surface area contributed by atoms with Crippen LogP contribution < -0.4 is 10.1 Å². The molecule has 28 heavy (non-hydrogen) atoms. The molecule has 0 bridgehead atoms. The summed E-state index contributed by atoms with van der Waals surface area (Å²) in [6.45, 7) is 4.64. The Bertz CT molecular complexity index is 818. The number of aliphatic hydroxyl groups excluding tert-OH is 1. The Morgan fingerprint density at radius 2 is 1.93 bits per heavy atom. The Morgan fingerprint density at radius 3 is 2.68 bits per heavy atom. The van der Waals surface area contributed by atoms with Crippen LogP contribution in [0.1, 0.15) is 46.6 Å². The van der Waals surface area contributed by atoms with E-state index in [9.17, 15) is 9.90 Å². The van der Waals surface area contributed by atoms with Crippen LogP contribution in [0.15, 0.2) is 30.3 Å². The number of ketones is 1. The molecule has 1 fully saturated rings. The van der Waals surface area contributed by atoms with E-state index in [0.29, 0.717) is 6.54 Å². The van der Waals surface area contributed by atoms with E-state index in [1.165, 1.54) is 5.56 Å². The van der Waals surface area contributed by atoms with Crippen molar-refractivity contribution in [1.82, 2.24) is 10.3 Å². The van der Waals surface area contributed by atoms with E-state index >= 15 is 0 Å². The largest absolute Gasteiger partial charge is 0.488 e. The van der Waals surface area contributed by atoms with Gasteiger partial charge in [-0.3, -0.25) is 4.79 Å². The minimum absolute atomic E-state index is 0. The molecular formula is C22H29ClN2O3. The van der Waals surface area contributed by atoms with Crippen molar-refractivity contribution in [1.29, 1.82) is 0 Å². The van der Waals surface area contributed by atoms with Gasteiger partial charge in [-0.1, -0.05) is 17.7 Å². The standard InChI is InChI=1S/C22H28N2O3.ClH/c1-13-3-6-16(7-4-13)27-20-10-9-19(22(20)26)23-12-15-5-8-18-17(21(15)25)11-14(2)24-18;/h3-4,6-7,11,15,19-20,22-24,26H,5,8-10,12H2,1-2H3;1H. The van der Waals surface area contributed by atoms with Crippen LogP contribution in [0, 0.1) is 19.8 Å². The molecule has 1 heterocycles. The minimum atomic E-state index is -0.560. The zero-order valence-corrected chi connectivity index (χ0v) is 17.2. The van der Waals surface area contributed by atoms with Crippen molar-refractivity contribution in [3.05, 3.63) is 52.8 Å². The number of hydrogen-bond acceptors (Lipinski definition) is 4. The molecule has 1 aromatic carbocycles. The van der Waals surface area contributed by atoms with Crippen LogP contribution in [0.4, 0.5) is 0 Å². The number of fused-ring (bicyclic) bond motifs is 1. The molecule has 0 amide bonds. The van der Waals surface area contributed by atoms with Crippen LogP contribution in [0.25, 0.3) is 0 Å². The summed E-state index contributed by atoms with van der Waals surface area (Å²) in [6.07, 6.45) is 2.67. The monoisotopic (exact) mass is 404 g/mol. The van der Waals surface area contributed by atoms with Crippen molar-refractivity contribution >= 4 is 18.2 Å². The first-order valence-electron chi connectivity index (χ1n) is 9.88. The third kappa shape index (κ3) is 4.27. The van der Waals surface area contributed by atoms with Gasteiger partial charge in [0.05, 0.1) is 0 Å². The molecule has 1 saturated carbocycles. The van der Waals surface area contributed by atoms with Gasteiger partial charge in [-0.25, -0.2) is 0 Å². The third-order valence-corrected chi connectivity index (χ3v) is 5.90. The number of ether oxygens (including phenoxy) is 1. The summed E-state index contributed by atoms with van der Waals surface area (Å²) in [7, 11) is 0. The van der Waals surface area contributed by atoms with Crippen LogP contribution in [0.5, 0.6) is 5.75 Å². The topological polar surface area (TPSA) is 74.3 Å². The van der Waals surface area contributed by atoms with Gasteiger partial charge in [0.2, 0.25) is 0 Å². The maximum Gasteiger partial charge on any atom is 0.169 e. The minimum Gasteiger partial charge on any atom is -0.488 e. The van der Waals surface area contributed by atoms with Gasteiger partial charge in [0.15, 0.2) is 5.78 Å². The Balaban J connectivity index is 0.00000225. The van der Waals surface area contributed by atoms with Gasteiger partial charge in [-0.05, 0) is 57.7 Å². The molecule has 4 atom stereocenters. The molecule has 0 aliphatic heterocycles. The second-order valence-electron chi connectivity index (χ2n) is 8.00. The summed E-state index contributed by atoms with van der Waals surface area (Å²) in [5.74, 6) is 0.994. The number of aromatic amines is 1. The Labute approximate surface area is 172 Å². The van der Waals surface area contributed by atoms with Crippen LogP contribution in [-0.4, -0.2) is 40.7 Å². The average Bonchev–Trinajstić information content (AvgIpc) is 3.20. The Kier molecular flexibility index (Phi) is 6.48. The lowest BCUT2D eigenvalue weighted by Gasteiger charge is -2.25. The fourth-order valence-electron chi connectivity index (χ4n) is 4.31. The van der Waals surface area contributed by atoms with Crippen molar-refractivity contribution in [3.8, 4) is 5.75 Å². The molecule has 152 valence electrons. The molecule has 2 aliphatic rings. The van der Waals surface area contributed by atoms with E-state index in [-0.39, 0.29) is 36.3 Å². The number of aromatic nitrogens is 1. The second-order valence-corrected chi connectivity index (χ2v) is 8.00. The summed E-state index contributed by atoms with van der Waals surface area (Å²) in [5, 5.41) is 14.1. The van der Waals surface area contributed by atoms with Crippen molar-refractivity contribution < 1.29 is 14.6 Å². The lowest BCUT2D eigenvalue weighted by molar-refractivity contribution is 0.0441. The first-order chi connectivity index (χ1) is 13.0. The number of rotatable bonds is 5. The number of halogens is 1. The number of carbonyl (C=O) groups excluding carboxylic acids is 1. The van der Waals surface area contributed by atoms with E-state index in [1.54, 1.807) is 0 Å². The van der Waals surface area contributed by atoms with Gasteiger partial charge in [0, 0.05) is 35.5 Å². The van der Waals surface area contributed by atoms with Crippen molar-refractivity contribution in [2.24, 2.45) is 5.92 Å². The lowest BCUT2D eigenvalue weighted by atomic mass is 9.86. The maximum absolute atomic E-state index is 12.7. The molecule has 0 radical (unpaired) electrons. The van der Waals surface area contributed by atoms with Crippen molar-refractivity contribution in [3.63, 3.8) is 0 Å². The van der Waals surface area contributed by atoms with Gasteiger partial charge in [-0.15, -0.1) is 12.4 Å². The van der Waals surface area contributed by atoms with E-state index < -0.39 is 6.10 Å². The van der Waals surface area contributed by atoms with E-state index in [4.69, 9.17) is 4.74 Å². The van der Waals surface area contributed by atoms with Gasteiger partial charge in [-0.2, -0.15) is 0 Å². The summed E-state index contributed by atoms with van der Waals surface area (Å²) in [4.78, 5) is 16.0. The predicted octanol–water partition coefficient (Wildman–Crippen LogP) is 3.36. The molecule has 2 aliphatic carbocycles. The van der Waals surface area contributed by atoms with Crippen molar-refractivity contribution in [2.75, 3.05) is 6.54 Å². The number of benzene rings is 1. The van der Waals surface area contributed by atoms with E-state index in [0.717, 1.165) is 48.4 Å². The van der Waals surface area contributed by atoms with E-state index in [2.05, 4.69) is 10.3 Å². The first kappa shape index (κ1) is 20.9. The normalized spacial score (nSPS) is 26.6. The van der Waals surface area contributed by atoms with Crippen LogP contribution in [-0.2, 0) is 6.42 Å². The fraction of sp³-hybridized carbons (Fsp3) is 0.500. The lowest BCUT2D eigenvalue weighted by Crippen LogP contribution is -2.44. The number of aliphatic hydroxyl groups is 1. The highest BCUT2D eigenvalue weighted by atomic mass is 35.5. The molecule has 2 aromatic rings. The SMILES string of the molecule is Cc1ccc(OC2CCC(NCC3CCc4[nH]c(C)cc4C3=O)C2O)cc1.Cl. The molecule has 4 rings (SSSR count). The maximum atomic E-state index is 12.7. The smallest absolute Gasteiger partial charge is 0.169 e. The summed E-state index contributed by atoms with van der Waals surface area (Å²) < 4.78 is 5.97. The number of carbonyl (C=O) groups is 1. The Morgan fingerprint density at radius 1 is 1.18 bits per heavy atom. The highest BCUT2D eigenvalue weighted by Gasteiger charge is 2.37. The molecule has 0 spiro atoms. The van der Waals surface area contributed by atoms with Crippen LogP contribution >= 0.6 is 12.4 Å². The summed E-state index contributed by atoms with van der Waals surface area (Å²) >= 11 is 0. The molecule has 1 aromatic heterocycles. The summed E-state index contributed by atoms with van der Waals surface area (Å²) in [6, 6.07) is 9.85. The molecule has 3 N–H and O–H groups in total. The second kappa shape index (κ2) is 8.68. The highest BCUT2D eigenvalue weighted by Crippen LogP contribution is 2.28. The number of aryl methyl sites for hydroxylation is 3. The molecule has 4 unspecified atom stereocenters. The number of hydrogen-bond donors (Lipinski definition) is 3. The fourth-order valence-corrected chi connectivity index (χ4v) is 4.31. The van der Waals surface area contributed by atoms with Gasteiger partial charge in [0.25, 0.3) is 0 Å². The third-order valence-electron chi connectivity index (χ3n) is 5.90. The quantitative estimate of drug-likeness (QED) is 0.714. The zero-order chi connectivity index (χ0) is 19.0. The van der Waals surface area contributed by atoms with Crippen molar-refractivity contribution in [2.45, 2.75) is 57.8 Å². The highest BCUT2D eigenvalue weighted by molar-refractivity contribution is 6.00. The molecule has 6 heteroatoms. The van der Waals surface area contributed by atoms with Gasteiger partial charge >= 0.3 is 0 Å². The predicted molar refractivity (Wildman–Crippen MR) is 112 cm³/mol. The molecular weight excluding hydrogens is 376 g/mol. The number of nitrogens with one attached hydrogen (secondary N) is 2. The molecule has 5 nitrogen and oxygen atoms in total. The number of Topliss-reactive ketones (excluding diaryl/α,β-unsaturated/α-hetero) is 1. The van der Waals surface area contributed by atoms with Crippen LogP contribution in [0.2, 0.25) is 0 Å². The van der Waals surface area contributed by atoms with Crippen LogP contribution in [0.3, 0.4) is 0 Å². The molecule has 0 saturated heterocycles.